The van der Waals surface area contributed by atoms with Gasteiger partial charge < -0.3 is 13.7 Å². The maximum absolute atomic E-state index is 11.1. The number of hydrogen-bond donors (Lipinski definition) is 0. The van der Waals surface area contributed by atoms with E-state index >= 15 is 0 Å². The van der Waals surface area contributed by atoms with Crippen molar-refractivity contribution in [1.82, 2.24) is 23.7 Å². The molecule has 0 atom stereocenters. The fourth-order valence-electron chi connectivity index (χ4n) is 10.5. The van der Waals surface area contributed by atoms with Crippen LogP contribution in [-0.4, -0.2) is 23.7 Å². The molecule has 0 fully saturated rings. The summed E-state index contributed by atoms with van der Waals surface area (Å²) < 4.78 is 6.77. The molecular weight excluding hydrogens is 871 g/mol. The summed E-state index contributed by atoms with van der Waals surface area (Å²) >= 11 is 0. The molecule has 9 nitrogen and oxygen atoms in total. The lowest BCUT2D eigenvalue weighted by atomic mass is 9.96. The van der Waals surface area contributed by atoms with Crippen LogP contribution in [-0.2, 0) is 0 Å². The molecule has 71 heavy (non-hydrogen) atoms. The van der Waals surface area contributed by atoms with Gasteiger partial charge in [-0.1, -0.05) is 121 Å². The second kappa shape index (κ2) is 16.0. The van der Waals surface area contributed by atoms with Crippen molar-refractivity contribution in [3.8, 4) is 63.1 Å². The Bertz CT molecular complexity index is 4210. The van der Waals surface area contributed by atoms with E-state index in [1.807, 2.05) is 30.3 Å². The molecule has 0 aliphatic heterocycles. The smallest absolute Gasteiger partial charge is 0.198 e. The van der Waals surface area contributed by atoms with Gasteiger partial charge in [-0.2, -0.15) is 10.5 Å². The van der Waals surface area contributed by atoms with Crippen molar-refractivity contribution in [3.05, 3.63) is 234 Å². The highest BCUT2D eigenvalue weighted by molar-refractivity contribution is 6.14. The first-order valence-electron chi connectivity index (χ1n) is 22.9. The van der Waals surface area contributed by atoms with Gasteiger partial charge in [0, 0.05) is 66.1 Å². The molecule has 13 rings (SSSR count). The standard InChI is InChI=1S/C62H33N9/c1-65-51-21-9-3-19-47(51)53-35-54(68-62(67-53)48-20-4-10-22-52(48)66-2)61-38(36-63)31-42(32-39(61)37-64)71-59-29-27-40(69-55-23-11-5-15-43(55)44-16-6-12-24-56(44)69)33-49(59)50-34-41(28-30-60(50)71)70-57-25-13-7-17-45(57)46-18-8-14-26-58(46)70/h3-35H. The predicted octanol–water partition coefficient (Wildman–Crippen LogP) is 15.6. The summed E-state index contributed by atoms with van der Waals surface area (Å²) in [5.74, 6) is 0.237. The number of nitrogens with zero attached hydrogens (tertiary/aromatic N) is 9. The zero-order valence-corrected chi connectivity index (χ0v) is 37.6. The summed E-state index contributed by atoms with van der Waals surface area (Å²) in [5, 5.41) is 28.9. The number of hydrogen-bond acceptors (Lipinski definition) is 4. The zero-order chi connectivity index (χ0) is 47.7. The molecule has 0 radical (unpaired) electrons. The Balaban J connectivity index is 1.07. The highest BCUT2D eigenvalue weighted by atomic mass is 15.0. The average molecular weight is 904 g/mol. The third kappa shape index (κ3) is 6.22. The van der Waals surface area contributed by atoms with Crippen molar-refractivity contribution >= 4 is 76.8 Å². The summed E-state index contributed by atoms with van der Waals surface area (Å²) in [7, 11) is 0. The fraction of sp³-hybridized carbons (Fsp3) is 0. The molecule has 326 valence electrons. The summed E-state index contributed by atoms with van der Waals surface area (Å²) in [6, 6.07) is 71.4. The number of rotatable bonds is 6. The lowest BCUT2D eigenvalue weighted by Crippen LogP contribution is -2.02. The van der Waals surface area contributed by atoms with Crippen LogP contribution in [0, 0.1) is 35.8 Å². The van der Waals surface area contributed by atoms with Crippen LogP contribution in [0.2, 0.25) is 0 Å². The molecule has 0 bridgehead atoms. The van der Waals surface area contributed by atoms with Crippen LogP contribution in [0.5, 0.6) is 0 Å². The monoisotopic (exact) mass is 903 g/mol. The largest absolute Gasteiger partial charge is 0.309 e. The molecule has 9 heteroatoms. The summed E-state index contributed by atoms with van der Waals surface area (Å²) in [5.41, 5.74) is 12.1. The van der Waals surface area contributed by atoms with Gasteiger partial charge in [0.2, 0.25) is 0 Å². The van der Waals surface area contributed by atoms with Crippen molar-refractivity contribution in [3.63, 3.8) is 0 Å². The van der Waals surface area contributed by atoms with Gasteiger partial charge in [0.15, 0.2) is 11.4 Å². The van der Waals surface area contributed by atoms with Gasteiger partial charge in [-0.05, 0) is 78.9 Å². The van der Waals surface area contributed by atoms with E-state index < -0.39 is 0 Å². The highest BCUT2D eigenvalue weighted by Gasteiger charge is 2.24. The van der Waals surface area contributed by atoms with E-state index in [0.717, 1.165) is 55.2 Å². The summed E-state index contributed by atoms with van der Waals surface area (Å²) in [6.07, 6.45) is 0. The molecule has 0 saturated heterocycles. The molecule has 4 aromatic heterocycles. The first kappa shape index (κ1) is 40.7. The quantitative estimate of drug-likeness (QED) is 0.155. The lowest BCUT2D eigenvalue weighted by molar-refractivity contribution is 1.15. The normalized spacial score (nSPS) is 11.3. The molecule has 13 aromatic rings. The molecule has 9 aromatic carbocycles. The zero-order valence-electron chi connectivity index (χ0n) is 37.6. The molecule has 0 unspecified atom stereocenters. The Morgan fingerprint density at radius 1 is 0.366 bits per heavy atom. The molecular formula is C62H33N9. The van der Waals surface area contributed by atoms with Gasteiger partial charge in [-0.3, -0.25) is 0 Å². The molecule has 0 aliphatic rings. The predicted molar refractivity (Wildman–Crippen MR) is 283 cm³/mol. The Kier molecular flexibility index (Phi) is 9.19. The topological polar surface area (TPSA) is 96.9 Å². The Hall–Kier alpha value is -10.6. The van der Waals surface area contributed by atoms with Crippen LogP contribution in [0.15, 0.2) is 200 Å². The maximum Gasteiger partial charge on any atom is 0.198 e. The van der Waals surface area contributed by atoms with Gasteiger partial charge in [-0.15, -0.1) is 0 Å². The average Bonchev–Trinajstić information content (AvgIpc) is 4.08. The van der Waals surface area contributed by atoms with E-state index in [9.17, 15) is 10.5 Å². The number of aromatic nitrogens is 5. The molecule has 0 spiro atoms. The lowest BCUT2D eigenvalue weighted by Gasteiger charge is -2.15. The van der Waals surface area contributed by atoms with Gasteiger partial charge in [0.25, 0.3) is 0 Å². The van der Waals surface area contributed by atoms with Crippen LogP contribution < -0.4 is 0 Å². The van der Waals surface area contributed by atoms with E-state index in [1.165, 1.54) is 21.5 Å². The van der Waals surface area contributed by atoms with Crippen LogP contribution in [0.3, 0.4) is 0 Å². The van der Waals surface area contributed by atoms with Gasteiger partial charge in [0.05, 0.1) is 80.9 Å². The fourth-order valence-corrected chi connectivity index (χ4v) is 10.5. The van der Waals surface area contributed by atoms with Crippen molar-refractivity contribution in [2.24, 2.45) is 0 Å². The van der Waals surface area contributed by atoms with Crippen molar-refractivity contribution in [2.45, 2.75) is 0 Å². The Morgan fingerprint density at radius 3 is 1.21 bits per heavy atom. The highest BCUT2D eigenvalue weighted by Crippen LogP contribution is 2.42. The second-order valence-corrected chi connectivity index (χ2v) is 17.3. The number of nitriles is 2. The molecule has 0 amide bonds. The number of fused-ring (bicyclic) bond motifs is 9. The van der Waals surface area contributed by atoms with E-state index in [1.54, 1.807) is 36.4 Å². The SMILES string of the molecule is [C-]#[N+]c1ccccc1-c1cc(-c2c(C#N)cc(-n3c4ccc(-n5c6ccccc6c6ccccc65)cc4c4cc(-n5c6ccccc6c6ccccc65)ccc43)cc2C#N)nc(-c2ccccc2[N+]#[C-])n1. The van der Waals surface area contributed by atoms with Crippen LogP contribution in [0.1, 0.15) is 11.1 Å². The molecule has 0 saturated carbocycles. The minimum atomic E-state index is 0.227. The Labute approximate surface area is 406 Å². The van der Waals surface area contributed by atoms with Crippen LogP contribution in [0.4, 0.5) is 11.4 Å². The minimum absolute atomic E-state index is 0.227. The van der Waals surface area contributed by atoms with E-state index in [-0.39, 0.29) is 17.0 Å². The van der Waals surface area contributed by atoms with Crippen LogP contribution >= 0.6 is 0 Å². The van der Waals surface area contributed by atoms with Crippen molar-refractivity contribution in [1.29, 1.82) is 10.5 Å². The summed E-state index contributed by atoms with van der Waals surface area (Å²) in [6.45, 7) is 15.9. The van der Waals surface area contributed by atoms with Crippen molar-refractivity contribution in [2.75, 3.05) is 0 Å². The third-order valence-electron chi connectivity index (χ3n) is 13.6. The first-order valence-corrected chi connectivity index (χ1v) is 22.9. The Morgan fingerprint density at radius 2 is 0.746 bits per heavy atom. The third-order valence-corrected chi connectivity index (χ3v) is 13.6. The maximum atomic E-state index is 11.1. The number of benzene rings is 9. The number of para-hydroxylation sites is 6. The van der Waals surface area contributed by atoms with Crippen LogP contribution in [0.25, 0.3) is 126 Å². The van der Waals surface area contributed by atoms with Gasteiger partial charge in [-0.25, -0.2) is 19.7 Å². The van der Waals surface area contributed by atoms with E-state index in [2.05, 4.69) is 169 Å². The molecule has 4 heterocycles. The van der Waals surface area contributed by atoms with E-state index in [4.69, 9.17) is 23.1 Å². The first-order chi connectivity index (χ1) is 35.0. The van der Waals surface area contributed by atoms with Gasteiger partial charge in [0.1, 0.15) is 5.82 Å². The van der Waals surface area contributed by atoms with Gasteiger partial charge >= 0.3 is 0 Å². The van der Waals surface area contributed by atoms with E-state index in [0.29, 0.717) is 45.1 Å². The molecule has 0 aliphatic carbocycles. The van der Waals surface area contributed by atoms with Crippen molar-refractivity contribution < 1.29 is 0 Å². The summed E-state index contributed by atoms with van der Waals surface area (Å²) in [4.78, 5) is 17.4. The second-order valence-electron chi connectivity index (χ2n) is 17.3. The minimum Gasteiger partial charge on any atom is -0.309 e. The molecule has 0 N–H and O–H groups in total.